The average Bonchev–Trinajstić information content (AvgIpc) is 3.07. The molecule has 1 aromatic rings. The first-order chi connectivity index (χ1) is 7.29. The van der Waals surface area contributed by atoms with Gasteiger partial charge in [-0.25, -0.2) is 9.97 Å². The van der Waals surface area contributed by atoms with Crippen molar-refractivity contribution >= 4 is 6.29 Å². The Labute approximate surface area is 86.7 Å². The first-order valence-electron chi connectivity index (χ1n) is 4.60. The normalized spacial score (nSPS) is 16.5. The summed E-state index contributed by atoms with van der Waals surface area (Å²) in [6.07, 6.45) is 5.49. The molecule has 0 atom stereocenters. The van der Waals surface area contributed by atoms with Gasteiger partial charge >= 0.3 is 0 Å². The number of nitriles is 1. The first-order valence-corrected chi connectivity index (χ1v) is 4.60. The zero-order valence-corrected chi connectivity index (χ0v) is 8.01. The molecule has 1 heterocycles. The van der Waals surface area contributed by atoms with Gasteiger partial charge in [0.15, 0.2) is 0 Å². The van der Waals surface area contributed by atoms with E-state index in [1.165, 1.54) is 12.4 Å². The van der Waals surface area contributed by atoms with Crippen LogP contribution in [0, 0.1) is 16.7 Å². The summed E-state index contributed by atoms with van der Waals surface area (Å²) in [6, 6.07) is 1.88. The van der Waals surface area contributed by atoms with Gasteiger partial charge in [0.25, 0.3) is 5.88 Å². The lowest BCUT2D eigenvalue weighted by Gasteiger charge is -2.08. The predicted molar refractivity (Wildman–Crippen MR) is 50.0 cm³/mol. The molecule has 76 valence electrons. The first kappa shape index (κ1) is 9.59. The summed E-state index contributed by atoms with van der Waals surface area (Å²) < 4.78 is 5.32. The summed E-state index contributed by atoms with van der Waals surface area (Å²) in [5.41, 5.74) is -0.191. The van der Waals surface area contributed by atoms with Crippen molar-refractivity contribution in [3.8, 4) is 11.9 Å². The standard InChI is InChI=1S/C10H9N3O2/c11-5-8-9(13-4-3-12-8)15-7-10(6-14)1-2-10/h3-4,6H,1-2,7H2. The van der Waals surface area contributed by atoms with Crippen molar-refractivity contribution in [1.82, 2.24) is 9.97 Å². The van der Waals surface area contributed by atoms with E-state index in [9.17, 15) is 4.79 Å². The van der Waals surface area contributed by atoms with Crippen LogP contribution >= 0.6 is 0 Å². The summed E-state index contributed by atoms with van der Waals surface area (Å²) >= 11 is 0. The molecule has 5 nitrogen and oxygen atoms in total. The van der Waals surface area contributed by atoms with Crippen molar-refractivity contribution in [2.75, 3.05) is 6.61 Å². The molecule has 1 aromatic heterocycles. The Morgan fingerprint density at radius 3 is 2.87 bits per heavy atom. The molecule has 1 aliphatic rings. The van der Waals surface area contributed by atoms with Crippen LogP contribution in [0.25, 0.3) is 0 Å². The molecule has 1 fully saturated rings. The van der Waals surface area contributed by atoms with E-state index in [0.29, 0.717) is 0 Å². The van der Waals surface area contributed by atoms with Gasteiger partial charge < -0.3 is 9.53 Å². The monoisotopic (exact) mass is 203 g/mol. The van der Waals surface area contributed by atoms with Crippen molar-refractivity contribution in [2.45, 2.75) is 12.8 Å². The van der Waals surface area contributed by atoms with Gasteiger partial charge in [0.2, 0.25) is 5.69 Å². The highest BCUT2D eigenvalue weighted by molar-refractivity contribution is 5.63. The van der Waals surface area contributed by atoms with Crippen LogP contribution in [0.5, 0.6) is 5.88 Å². The molecule has 0 N–H and O–H groups in total. The minimum Gasteiger partial charge on any atom is -0.475 e. The molecule has 1 saturated carbocycles. The van der Waals surface area contributed by atoms with Gasteiger partial charge in [0.1, 0.15) is 19.0 Å². The average molecular weight is 203 g/mol. The maximum absolute atomic E-state index is 10.7. The quantitative estimate of drug-likeness (QED) is 0.673. The number of hydrogen-bond acceptors (Lipinski definition) is 5. The van der Waals surface area contributed by atoms with E-state index in [1.54, 1.807) is 0 Å². The lowest BCUT2D eigenvalue weighted by Crippen LogP contribution is -2.15. The minimum absolute atomic E-state index is 0.152. The van der Waals surface area contributed by atoms with Crippen molar-refractivity contribution in [1.29, 1.82) is 5.26 Å². The van der Waals surface area contributed by atoms with E-state index in [2.05, 4.69) is 9.97 Å². The fourth-order valence-corrected chi connectivity index (χ4v) is 1.18. The lowest BCUT2D eigenvalue weighted by atomic mass is 10.1. The largest absolute Gasteiger partial charge is 0.475 e. The van der Waals surface area contributed by atoms with Crippen LogP contribution < -0.4 is 4.74 Å². The zero-order valence-electron chi connectivity index (χ0n) is 8.01. The molecule has 0 bridgehead atoms. The van der Waals surface area contributed by atoms with Crippen molar-refractivity contribution < 1.29 is 9.53 Å². The number of aldehydes is 1. The summed E-state index contributed by atoms with van der Waals surface area (Å²) in [5.74, 6) is 0.202. The molecule has 1 aliphatic carbocycles. The van der Waals surface area contributed by atoms with Crippen LogP contribution in [0.4, 0.5) is 0 Å². The Kier molecular flexibility index (Phi) is 2.34. The summed E-state index contributed by atoms with van der Waals surface area (Å²) in [6.45, 7) is 0.282. The summed E-state index contributed by atoms with van der Waals surface area (Å²) in [7, 11) is 0. The van der Waals surface area contributed by atoms with Crippen molar-refractivity contribution in [3.63, 3.8) is 0 Å². The third-order valence-electron chi connectivity index (χ3n) is 2.41. The number of nitrogens with zero attached hydrogens (tertiary/aromatic N) is 3. The van der Waals surface area contributed by atoms with E-state index in [1.807, 2.05) is 6.07 Å². The van der Waals surface area contributed by atoms with Gasteiger partial charge in [-0.1, -0.05) is 0 Å². The topological polar surface area (TPSA) is 75.9 Å². The van der Waals surface area contributed by atoms with E-state index in [4.69, 9.17) is 10.00 Å². The van der Waals surface area contributed by atoms with E-state index in [0.717, 1.165) is 19.1 Å². The number of hydrogen-bond donors (Lipinski definition) is 0. The summed E-state index contributed by atoms with van der Waals surface area (Å²) in [4.78, 5) is 18.4. The van der Waals surface area contributed by atoms with Crippen LogP contribution in [0.1, 0.15) is 18.5 Å². The zero-order chi connectivity index (χ0) is 10.7. The summed E-state index contributed by atoms with van der Waals surface area (Å²) in [5, 5.41) is 8.72. The number of ether oxygens (including phenoxy) is 1. The maximum atomic E-state index is 10.7. The second-order valence-electron chi connectivity index (χ2n) is 3.59. The predicted octanol–water partition coefficient (Wildman–Crippen LogP) is 0.706. The molecule has 0 saturated heterocycles. The van der Waals surface area contributed by atoms with Crippen LogP contribution in [0.3, 0.4) is 0 Å². The number of aromatic nitrogens is 2. The van der Waals surface area contributed by atoms with Crippen LogP contribution in [-0.4, -0.2) is 22.9 Å². The van der Waals surface area contributed by atoms with Gasteiger partial charge in [-0.2, -0.15) is 5.26 Å². The smallest absolute Gasteiger partial charge is 0.251 e. The highest BCUT2D eigenvalue weighted by atomic mass is 16.5. The maximum Gasteiger partial charge on any atom is 0.251 e. The van der Waals surface area contributed by atoms with Crippen molar-refractivity contribution in [2.24, 2.45) is 5.41 Å². The molecule has 0 amide bonds. The lowest BCUT2D eigenvalue weighted by molar-refractivity contribution is -0.113. The minimum atomic E-state index is -0.343. The fourth-order valence-electron chi connectivity index (χ4n) is 1.18. The molecule has 0 aliphatic heterocycles. The number of carbonyl (C=O) groups is 1. The van der Waals surface area contributed by atoms with Crippen LogP contribution in [0.15, 0.2) is 12.4 Å². The van der Waals surface area contributed by atoms with Crippen LogP contribution in [0.2, 0.25) is 0 Å². The SMILES string of the molecule is N#Cc1nccnc1OCC1(C=O)CC1. The van der Waals surface area contributed by atoms with E-state index >= 15 is 0 Å². The number of carbonyl (C=O) groups excluding carboxylic acids is 1. The van der Waals surface area contributed by atoms with Gasteiger partial charge in [-0.3, -0.25) is 0 Å². The molecule has 0 radical (unpaired) electrons. The Bertz CT molecular complexity index is 421. The van der Waals surface area contributed by atoms with Gasteiger partial charge in [0, 0.05) is 12.4 Å². The Morgan fingerprint density at radius 2 is 2.27 bits per heavy atom. The van der Waals surface area contributed by atoms with Gasteiger partial charge in [0.05, 0.1) is 5.41 Å². The Balaban J connectivity index is 2.05. The Morgan fingerprint density at radius 1 is 1.53 bits per heavy atom. The van der Waals surface area contributed by atoms with E-state index in [-0.39, 0.29) is 23.6 Å². The molecular weight excluding hydrogens is 194 g/mol. The van der Waals surface area contributed by atoms with Crippen molar-refractivity contribution in [3.05, 3.63) is 18.1 Å². The Hall–Kier alpha value is -1.96. The third kappa shape index (κ3) is 1.94. The second-order valence-corrected chi connectivity index (χ2v) is 3.59. The molecule has 15 heavy (non-hydrogen) atoms. The molecule has 0 spiro atoms. The van der Waals surface area contributed by atoms with Crippen LogP contribution in [-0.2, 0) is 4.79 Å². The van der Waals surface area contributed by atoms with Gasteiger partial charge in [-0.05, 0) is 12.8 Å². The fraction of sp³-hybridized carbons (Fsp3) is 0.400. The third-order valence-corrected chi connectivity index (χ3v) is 2.41. The second kappa shape index (κ2) is 3.65. The van der Waals surface area contributed by atoms with Gasteiger partial charge in [-0.15, -0.1) is 0 Å². The van der Waals surface area contributed by atoms with E-state index < -0.39 is 0 Å². The molecule has 0 aromatic carbocycles. The molecule has 0 unspecified atom stereocenters. The highest BCUT2D eigenvalue weighted by Gasteiger charge is 2.43. The number of rotatable bonds is 4. The highest BCUT2D eigenvalue weighted by Crippen LogP contribution is 2.43. The molecule has 2 rings (SSSR count). The molecular formula is C10H9N3O2. The molecule has 5 heteroatoms.